The Hall–Kier alpha value is -1.15. The minimum atomic E-state index is -3.41. The van der Waals surface area contributed by atoms with Crippen molar-refractivity contribution in [2.75, 3.05) is 26.7 Å². The second kappa shape index (κ2) is 6.31. The van der Waals surface area contributed by atoms with E-state index in [1.807, 2.05) is 13.8 Å². The lowest BCUT2D eigenvalue weighted by atomic mass is 10.1. The molecule has 6 nitrogen and oxygen atoms in total. The zero-order valence-electron chi connectivity index (χ0n) is 12.5. The first kappa shape index (κ1) is 16.2. The van der Waals surface area contributed by atoms with E-state index >= 15 is 0 Å². The molecule has 1 heterocycles. The molecule has 2 N–H and O–H groups in total. The van der Waals surface area contributed by atoms with Gasteiger partial charge in [0.2, 0.25) is 10.0 Å². The number of ether oxygens (including phenoxy) is 2. The molecule has 0 aliphatic carbocycles. The molecule has 0 radical (unpaired) electrons. The van der Waals surface area contributed by atoms with Crippen LogP contribution in [-0.2, 0) is 14.8 Å². The van der Waals surface area contributed by atoms with E-state index in [4.69, 9.17) is 9.47 Å². The summed E-state index contributed by atoms with van der Waals surface area (Å²) in [5, 5.41) is 3.31. The summed E-state index contributed by atoms with van der Waals surface area (Å²) >= 11 is 0. The minimum absolute atomic E-state index is 0.0190. The Labute approximate surface area is 125 Å². The molecule has 0 aromatic heterocycles. The van der Waals surface area contributed by atoms with Crippen LogP contribution in [0.25, 0.3) is 0 Å². The van der Waals surface area contributed by atoms with Crippen LogP contribution in [0.2, 0.25) is 0 Å². The molecule has 118 valence electrons. The summed E-state index contributed by atoms with van der Waals surface area (Å²) in [7, 11) is -2.02. The highest BCUT2D eigenvalue weighted by Crippen LogP contribution is 2.18. The van der Waals surface area contributed by atoms with Gasteiger partial charge in [-0.05, 0) is 45.2 Å². The standard InChI is InChI=1S/C14H22N2O4S/c1-14(2)10-16-8-12(20-14)9-19-11-4-6-13(7-5-11)21(17,18)15-3/h4-7,12,15-16H,8-10H2,1-3H3. The van der Waals surface area contributed by atoms with Crippen LogP contribution in [0.4, 0.5) is 0 Å². The van der Waals surface area contributed by atoms with Gasteiger partial charge in [0.05, 0.1) is 10.5 Å². The van der Waals surface area contributed by atoms with E-state index in [-0.39, 0.29) is 16.6 Å². The molecule has 1 unspecified atom stereocenters. The van der Waals surface area contributed by atoms with Crippen molar-refractivity contribution in [2.24, 2.45) is 0 Å². The van der Waals surface area contributed by atoms with Crippen molar-refractivity contribution >= 4 is 10.0 Å². The summed E-state index contributed by atoms with van der Waals surface area (Å²) < 4.78 is 37.0. The maximum atomic E-state index is 11.6. The van der Waals surface area contributed by atoms with E-state index in [1.165, 1.54) is 19.2 Å². The van der Waals surface area contributed by atoms with Crippen molar-refractivity contribution in [2.45, 2.75) is 30.4 Å². The van der Waals surface area contributed by atoms with Crippen molar-refractivity contribution in [1.82, 2.24) is 10.0 Å². The zero-order valence-corrected chi connectivity index (χ0v) is 13.4. The summed E-state index contributed by atoms with van der Waals surface area (Å²) in [4.78, 5) is 0.217. The van der Waals surface area contributed by atoms with E-state index in [0.29, 0.717) is 12.4 Å². The largest absolute Gasteiger partial charge is 0.491 e. The number of nitrogens with one attached hydrogen (secondary N) is 2. The van der Waals surface area contributed by atoms with Crippen molar-refractivity contribution in [3.05, 3.63) is 24.3 Å². The lowest BCUT2D eigenvalue weighted by Gasteiger charge is -2.36. The maximum Gasteiger partial charge on any atom is 0.240 e. The van der Waals surface area contributed by atoms with Crippen LogP contribution >= 0.6 is 0 Å². The molecule has 1 aromatic rings. The average molecular weight is 314 g/mol. The van der Waals surface area contributed by atoms with Gasteiger partial charge in [-0.2, -0.15) is 0 Å². The van der Waals surface area contributed by atoms with E-state index < -0.39 is 10.0 Å². The van der Waals surface area contributed by atoms with Crippen LogP contribution in [0.5, 0.6) is 5.75 Å². The molecule has 2 rings (SSSR count). The van der Waals surface area contributed by atoms with E-state index in [9.17, 15) is 8.42 Å². The molecule has 21 heavy (non-hydrogen) atoms. The highest BCUT2D eigenvalue weighted by molar-refractivity contribution is 7.89. The quantitative estimate of drug-likeness (QED) is 0.838. The molecule has 1 fully saturated rings. The fourth-order valence-electron chi connectivity index (χ4n) is 2.18. The van der Waals surface area contributed by atoms with Gasteiger partial charge in [0.15, 0.2) is 0 Å². The second-order valence-electron chi connectivity index (χ2n) is 5.62. The number of morpholine rings is 1. The molecule has 0 bridgehead atoms. The highest BCUT2D eigenvalue weighted by atomic mass is 32.2. The van der Waals surface area contributed by atoms with E-state index in [0.717, 1.165) is 13.1 Å². The lowest BCUT2D eigenvalue weighted by Crippen LogP contribution is -2.52. The third kappa shape index (κ3) is 4.41. The van der Waals surface area contributed by atoms with Gasteiger partial charge in [-0.25, -0.2) is 13.1 Å². The Morgan fingerprint density at radius 1 is 1.38 bits per heavy atom. The van der Waals surface area contributed by atoms with E-state index in [1.54, 1.807) is 12.1 Å². The molecule has 1 aliphatic rings. The summed E-state index contributed by atoms with van der Waals surface area (Å²) in [6.45, 7) is 6.05. The SMILES string of the molecule is CNS(=O)(=O)c1ccc(OCC2CNCC(C)(C)O2)cc1. The Kier molecular flexibility index (Phi) is 4.88. The normalized spacial score (nSPS) is 22.0. The van der Waals surface area contributed by atoms with Crippen molar-refractivity contribution in [1.29, 1.82) is 0 Å². The Morgan fingerprint density at radius 2 is 2.05 bits per heavy atom. The molecular weight excluding hydrogens is 292 g/mol. The van der Waals surface area contributed by atoms with Gasteiger partial charge in [0.1, 0.15) is 18.5 Å². The predicted molar refractivity (Wildman–Crippen MR) is 80.0 cm³/mol. The Morgan fingerprint density at radius 3 is 2.62 bits per heavy atom. The topological polar surface area (TPSA) is 76.7 Å². The second-order valence-corrected chi connectivity index (χ2v) is 7.51. The lowest BCUT2D eigenvalue weighted by molar-refractivity contribution is -0.107. The van der Waals surface area contributed by atoms with Crippen molar-refractivity contribution in [3.63, 3.8) is 0 Å². The monoisotopic (exact) mass is 314 g/mol. The third-order valence-electron chi connectivity index (χ3n) is 3.25. The van der Waals surface area contributed by atoms with Crippen LogP contribution in [-0.4, -0.2) is 46.9 Å². The van der Waals surface area contributed by atoms with Gasteiger partial charge in [0.25, 0.3) is 0 Å². The zero-order chi connectivity index (χ0) is 15.5. The molecule has 1 saturated heterocycles. The van der Waals surface area contributed by atoms with Gasteiger partial charge in [0, 0.05) is 13.1 Å². The van der Waals surface area contributed by atoms with Gasteiger partial charge >= 0.3 is 0 Å². The average Bonchev–Trinajstić information content (AvgIpc) is 2.44. The summed E-state index contributed by atoms with van der Waals surface area (Å²) in [5.41, 5.74) is -0.197. The first-order valence-electron chi connectivity index (χ1n) is 6.87. The highest BCUT2D eigenvalue weighted by Gasteiger charge is 2.28. The maximum absolute atomic E-state index is 11.6. The van der Waals surface area contributed by atoms with Gasteiger partial charge < -0.3 is 14.8 Å². The molecule has 0 spiro atoms. The van der Waals surface area contributed by atoms with Crippen LogP contribution < -0.4 is 14.8 Å². The van der Waals surface area contributed by atoms with Gasteiger partial charge in [-0.15, -0.1) is 0 Å². The van der Waals surface area contributed by atoms with Crippen LogP contribution in [0.3, 0.4) is 0 Å². The molecule has 1 atom stereocenters. The van der Waals surface area contributed by atoms with Gasteiger partial charge in [-0.1, -0.05) is 0 Å². The third-order valence-corrected chi connectivity index (χ3v) is 4.68. The van der Waals surface area contributed by atoms with Crippen LogP contribution in [0.15, 0.2) is 29.2 Å². The molecule has 0 saturated carbocycles. The smallest absolute Gasteiger partial charge is 0.240 e. The fraction of sp³-hybridized carbons (Fsp3) is 0.571. The van der Waals surface area contributed by atoms with Crippen LogP contribution in [0.1, 0.15) is 13.8 Å². The number of sulfonamides is 1. The molecule has 1 aromatic carbocycles. The minimum Gasteiger partial charge on any atom is -0.491 e. The molecular formula is C14H22N2O4S. The first-order valence-corrected chi connectivity index (χ1v) is 8.36. The number of hydrogen-bond donors (Lipinski definition) is 2. The summed E-state index contributed by atoms with van der Waals surface area (Å²) in [5.74, 6) is 0.622. The number of benzene rings is 1. The first-order chi connectivity index (χ1) is 9.82. The summed E-state index contributed by atoms with van der Waals surface area (Å²) in [6, 6.07) is 6.33. The Bertz CT molecular complexity index is 569. The van der Waals surface area contributed by atoms with Crippen LogP contribution in [0, 0.1) is 0 Å². The van der Waals surface area contributed by atoms with Crippen molar-refractivity contribution in [3.8, 4) is 5.75 Å². The van der Waals surface area contributed by atoms with Gasteiger partial charge in [-0.3, -0.25) is 0 Å². The summed E-state index contributed by atoms with van der Waals surface area (Å²) in [6.07, 6.45) is -0.0190. The Balaban J connectivity index is 1.92. The predicted octanol–water partition coefficient (Wildman–Crippen LogP) is 0.741. The number of hydrogen-bond acceptors (Lipinski definition) is 5. The fourth-order valence-corrected chi connectivity index (χ4v) is 2.91. The molecule has 0 amide bonds. The number of rotatable bonds is 5. The van der Waals surface area contributed by atoms with E-state index in [2.05, 4.69) is 10.0 Å². The van der Waals surface area contributed by atoms with Crippen molar-refractivity contribution < 1.29 is 17.9 Å². The molecule has 7 heteroatoms. The molecule has 1 aliphatic heterocycles.